The van der Waals surface area contributed by atoms with Crippen LogP contribution in [0.2, 0.25) is 5.02 Å². The molecule has 0 aliphatic carbocycles. The second-order valence-electron chi connectivity index (χ2n) is 4.95. The first-order valence-corrected chi connectivity index (χ1v) is 7.19. The predicted octanol–water partition coefficient (Wildman–Crippen LogP) is 3.72. The summed E-state index contributed by atoms with van der Waals surface area (Å²) in [5.74, 6) is -1.38. The van der Waals surface area contributed by atoms with Gasteiger partial charge in [-0.1, -0.05) is 23.7 Å². The van der Waals surface area contributed by atoms with Crippen LogP contribution in [0.5, 0.6) is 5.75 Å². The molecule has 0 aliphatic heterocycles. The molecule has 0 saturated heterocycles. The molecule has 24 heavy (non-hydrogen) atoms. The molecule has 1 aromatic heterocycles. The summed E-state index contributed by atoms with van der Waals surface area (Å²) in [6.45, 7) is -0.542. The van der Waals surface area contributed by atoms with Crippen LogP contribution in [0.15, 0.2) is 51.9 Å². The van der Waals surface area contributed by atoms with E-state index >= 15 is 0 Å². The molecule has 3 aromatic rings. The molecule has 0 radical (unpaired) electrons. The highest BCUT2D eigenvalue weighted by atomic mass is 35.5. The van der Waals surface area contributed by atoms with Crippen LogP contribution in [0.1, 0.15) is 0 Å². The monoisotopic (exact) mass is 348 g/mol. The third kappa shape index (κ3) is 3.09. The van der Waals surface area contributed by atoms with Crippen LogP contribution < -0.4 is 10.2 Å². The number of hydrogen-bond acceptors (Lipinski definition) is 4. The van der Waals surface area contributed by atoms with E-state index in [0.29, 0.717) is 5.56 Å². The largest absolute Gasteiger partial charge is 0.482 e. The van der Waals surface area contributed by atoms with Gasteiger partial charge in [-0.05, 0) is 23.8 Å². The minimum Gasteiger partial charge on any atom is -0.482 e. The SMILES string of the molecule is O=C(O)COc1cc(Cl)c2c(=O)c(-c3ccc(F)cc3)coc2c1. The Morgan fingerprint density at radius 2 is 1.96 bits per heavy atom. The lowest BCUT2D eigenvalue weighted by molar-refractivity contribution is -0.139. The molecule has 1 heterocycles. The second-order valence-corrected chi connectivity index (χ2v) is 5.35. The van der Waals surface area contributed by atoms with Crippen molar-refractivity contribution in [3.8, 4) is 16.9 Å². The third-order valence-electron chi connectivity index (χ3n) is 3.32. The maximum atomic E-state index is 13.0. The van der Waals surface area contributed by atoms with Gasteiger partial charge >= 0.3 is 5.97 Å². The Labute approximate surface area is 139 Å². The fraction of sp³-hybridized carbons (Fsp3) is 0.0588. The Kier molecular flexibility index (Phi) is 4.22. The topological polar surface area (TPSA) is 76.7 Å². The van der Waals surface area contributed by atoms with Crippen molar-refractivity contribution in [1.82, 2.24) is 0 Å². The molecule has 122 valence electrons. The summed E-state index contributed by atoms with van der Waals surface area (Å²) in [6.07, 6.45) is 1.25. The minimum absolute atomic E-state index is 0.0746. The Morgan fingerprint density at radius 1 is 1.25 bits per heavy atom. The second kappa shape index (κ2) is 6.33. The first-order chi connectivity index (χ1) is 11.5. The van der Waals surface area contributed by atoms with Gasteiger partial charge < -0.3 is 14.3 Å². The highest BCUT2D eigenvalue weighted by Crippen LogP contribution is 2.29. The van der Waals surface area contributed by atoms with Crippen molar-refractivity contribution in [1.29, 1.82) is 0 Å². The fourth-order valence-electron chi connectivity index (χ4n) is 2.24. The Balaban J connectivity index is 2.10. The van der Waals surface area contributed by atoms with Gasteiger partial charge in [-0.3, -0.25) is 4.79 Å². The van der Waals surface area contributed by atoms with Crippen LogP contribution >= 0.6 is 11.6 Å². The van der Waals surface area contributed by atoms with Gasteiger partial charge in [0.05, 0.1) is 16.0 Å². The van der Waals surface area contributed by atoms with Crippen molar-refractivity contribution in [2.45, 2.75) is 0 Å². The number of benzene rings is 2. The number of rotatable bonds is 4. The van der Waals surface area contributed by atoms with Crippen molar-refractivity contribution in [3.05, 3.63) is 63.7 Å². The number of carboxylic acids is 1. The lowest BCUT2D eigenvalue weighted by Gasteiger charge is -2.07. The van der Waals surface area contributed by atoms with E-state index in [4.69, 9.17) is 25.9 Å². The van der Waals surface area contributed by atoms with E-state index in [-0.39, 0.29) is 32.7 Å². The fourth-order valence-corrected chi connectivity index (χ4v) is 2.53. The Morgan fingerprint density at radius 3 is 2.62 bits per heavy atom. The minimum atomic E-state index is -1.14. The van der Waals surface area contributed by atoms with Crippen molar-refractivity contribution in [2.75, 3.05) is 6.61 Å². The highest BCUT2D eigenvalue weighted by Gasteiger charge is 2.14. The summed E-state index contributed by atoms with van der Waals surface area (Å²) < 4.78 is 23.5. The molecular weight excluding hydrogens is 339 g/mol. The number of hydrogen-bond donors (Lipinski definition) is 1. The van der Waals surface area contributed by atoms with Crippen molar-refractivity contribution in [3.63, 3.8) is 0 Å². The van der Waals surface area contributed by atoms with E-state index in [1.165, 1.54) is 42.7 Å². The van der Waals surface area contributed by atoms with E-state index in [0.717, 1.165) is 0 Å². The molecule has 5 nitrogen and oxygen atoms in total. The molecule has 3 rings (SSSR count). The predicted molar refractivity (Wildman–Crippen MR) is 86.0 cm³/mol. The van der Waals surface area contributed by atoms with E-state index < -0.39 is 18.4 Å². The van der Waals surface area contributed by atoms with E-state index in [1.807, 2.05) is 0 Å². The smallest absolute Gasteiger partial charge is 0.341 e. The van der Waals surface area contributed by atoms with Gasteiger partial charge in [-0.25, -0.2) is 9.18 Å². The summed E-state index contributed by atoms with van der Waals surface area (Å²) in [5, 5.41) is 8.84. The van der Waals surface area contributed by atoms with Crippen LogP contribution in [0.3, 0.4) is 0 Å². The highest BCUT2D eigenvalue weighted by molar-refractivity contribution is 6.35. The van der Waals surface area contributed by atoms with Crippen LogP contribution in [0.25, 0.3) is 22.1 Å². The molecule has 2 aromatic carbocycles. The molecule has 0 spiro atoms. The summed E-state index contributed by atoms with van der Waals surface area (Å²) in [6, 6.07) is 8.14. The van der Waals surface area contributed by atoms with Gasteiger partial charge in [0.1, 0.15) is 23.4 Å². The van der Waals surface area contributed by atoms with Gasteiger partial charge in [-0.2, -0.15) is 0 Å². The number of fused-ring (bicyclic) bond motifs is 1. The van der Waals surface area contributed by atoms with Crippen molar-refractivity contribution >= 4 is 28.5 Å². The summed E-state index contributed by atoms with van der Waals surface area (Å²) in [7, 11) is 0. The summed E-state index contributed by atoms with van der Waals surface area (Å²) >= 11 is 6.12. The normalized spacial score (nSPS) is 10.8. The van der Waals surface area contributed by atoms with Gasteiger partial charge in [0, 0.05) is 6.07 Å². The Hall–Kier alpha value is -2.86. The maximum Gasteiger partial charge on any atom is 0.341 e. The zero-order valence-corrected chi connectivity index (χ0v) is 12.8. The summed E-state index contributed by atoms with van der Waals surface area (Å²) in [5.41, 5.74) is 0.523. The molecule has 0 saturated carbocycles. The Bertz CT molecular complexity index is 979. The lowest BCUT2D eigenvalue weighted by atomic mass is 10.1. The zero-order valence-electron chi connectivity index (χ0n) is 12.1. The average molecular weight is 349 g/mol. The van der Waals surface area contributed by atoms with E-state index in [1.54, 1.807) is 0 Å². The van der Waals surface area contributed by atoms with E-state index in [2.05, 4.69) is 0 Å². The first kappa shape index (κ1) is 16.0. The van der Waals surface area contributed by atoms with Crippen LogP contribution in [-0.2, 0) is 4.79 Å². The number of aliphatic carboxylic acids is 1. The molecule has 0 unspecified atom stereocenters. The number of carbonyl (C=O) groups is 1. The van der Waals surface area contributed by atoms with E-state index in [9.17, 15) is 14.0 Å². The standard InChI is InChI=1S/C17H10ClFO5/c18-13-5-11(23-8-15(20)21)6-14-16(13)17(22)12(7-24-14)9-1-3-10(19)4-2-9/h1-7H,8H2,(H,20,21). The lowest BCUT2D eigenvalue weighted by Crippen LogP contribution is -2.10. The van der Waals surface area contributed by atoms with Crippen LogP contribution in [-0.4, -0.2) is 17.7 Å². The zero-order chi connectivity index (χ0) is 17.3. The van der Waals surface area contributed by atoms with Gasteiger partial charge in [0.2, 0.25) is 5.43 Å². The first-order valence-electron chi connectivity index (χ1n) is 6.81. The third-order valence-corrected chi connectivity index (χ3v) is 3.62. The number of halogens is 2. The average Bonchev–Trinajstić information content (AvgIpc) is 2.54. The summed E-state index contributed by atoms with van der Waals surface area (Å²) in [4.78, 5) is 23.2. The molecule has 0 amide bonds. The maximum absolute atomic E-state index is 13.0. The molecular formula is C17H10ClFO5. The molecule has 0 bridgehead atoms. The number of ether oxygens (including phenoxy) is 1. The molecule has 7 heteroatoms. The van der Waals surface area contributed by atoms with Gasteiger partial charge in [0.15, 0.2) is 6.61 Å². The van der Waals surface area contributed by atoms with Gasteiger partial charge in [0.25, 0.3) is 0 Å². The molecule has 0 aliphatic rings. The molecule has 0 atom stereocenters. The van der Waals surface area contributed by atoms with Crippen LogP contribution in [0.4, 0.5) is 4.39 Å². The number of carboxylic acid groups (broad SMARTS) is 1. The molecule has 1 N–H and O–H groups in total. The van der Waals surface area contributed by atoms with Crippen LogP contribution in [0, 0.1) is 5.82 Å². The molecule has 0 fully saturated rings. The quantitative estimate of drug-likeness (QED) is 0.777. The van der Waals surface area contributed by atoms with Crippen molar-refractivity contribution in [2.24, 2.45) is 0 Å². The van der Waals surface area contributed by atoms with Gasteiger partial charge in [-0.15, -0.1) is 0 Å². The van der Waals surface area contributed by atoms with Crippen molar-refractivity contribution < 1.29 is 23.4 Å².